The molecule has 0 N–H and O–H groups in total. The standard InChI is InChI=1S/C21H25NO/c1-14(5-6-22)18-3-4-20(23-2)19(10-18)21-11-15-7-16(12-21)9-17(8-15)13-21/h3-5,10,15-17H,7-9,11-13H2,1-2H3/b14-5-. The van der Waals surface area contributed by atoms with E-state index in [1.165, 1.54) is 44.1 Å². The van der Waals surface area contributed by atoms with Crippen molar-refractivity contribution in [2.24, 2.45) is 17.8 Å². The Morgan fingerprint density at radius 1 is 1.17 bits per heavy atom. The molecule has 0 aromatic heterocycles. The molecule has 0 spiro atoms. The third-order valence-electron chi connectivity index (χ3n) is 6.55. The van der Waals surface area contributed by atoms with Crippen molar-refractivity contribution >= 4 is 5.57 Å². The predicted octanol–water partition coefficient (Wildman–Crippen LogP) is 5.09. The van der Waals surface area contributed by atoms with E-state index in [0.29, 0.717) is 5.41 Å². The Balaban J connectivity index is 1.80. The number of rotatable bonds is 3. The summed E-state index contributed by atoms with van der Waals surface area (Å²) in [5.41, 5.74) is 3.93. The van der Waals surface area contributed by atoms with E-state index in [9.17, 15) is 0 Å². The number of allylic oxidation sites excluding steroid dienone is 2. The Kier molecular flexibility index (Phi) is 3.48. The van der Waals surface area contributed by atoms with Crippen LogP contribution in [-0.4, -0.2) is 7.11 Å². The van der Waals surface area contributed by atoms with Crippen LogP contribution in [0.2, 0.25) is 0 Å². The van der Waals surface area contributed by atoms with E-state index in [1.54, 1.807) is 13.2 Å². The minimum atomic E-state index is 0.322. The Morgan fingerprint density at radius 3 is 2.30 bits per heavy atom. The summed E-state index contributed by atoms with van der Waals surface area (Å²) in [5.74, 6) is 3.81. The quantitative estimate of drug-likeness (QED) is 0.729. The maximum absolute atomic E-state index is 8.95. The van der Waals surface area contributed by atoms with Gasteiger partial charge in [-0.15, -0.1) is 0 Å². The van der Waals surface area contributed by atoms with Gasteiger partial charge in [0.2, 0.25) is 0 Å². The molecular weight excluding hydrogens is 282 g/mol. The van der Waals surface area contributed by atoms with Crippen LogP contribution in [-0.2, 0) is 5.41 Å². The fourth-order valence-corrected chi connectivity index (χ4v) is 5.99. The summed E-state index contributed by atoms with van der Waals surface area (Å²) in [4.78, 5) is 0. The Morgan fingerprint density at radius 2 is 1.78 bits per heavy atom. The molecule has 4 aliphatic carbocycles. The molecular formula is C21H25NO. The monoisotopic (exact) mass is 307 g/mol. The van der Waals surface area contributed by atoms with Crippen LogP contribution in [0.5, 0.6) is 5.75 Å². The molecule has 0 saturated heterocycles. The van der Waals surface area contributed by atoms with Crippen molar-refractivity contribution in [1.29, 1.82) is 5.26 Å². The zero-order valence-corrected chi connectivity index (χ0v) is 14.1. The Bertz CT molecular complexity index is 659. The van der Waals surface area contributed by atoms with Crippen LogP contribution in [0.15, 0.2) is 24.3 Å². The van der Waals surface area contributed by atoms with Crippen LogP contribution in [0.3, 0.4) is 0 Å². The molecule has 1 aromatic carbocycles. The number of benzene rings is 1. The summed E-state index contributed by atoms with van der Waals surface area (Å²) in [6, 6.07) is 8.67. The topological polar surface area (TPSA) is 33.0 Å². The largest absolute Gasteiger partial charge is 0.496 e. The van der Waals surface area contributed by atoms with Gasteiger partial charge in [0.05, 0.1) is 13.2 Å². The van der Waals surface area contributed by atoms with E-state index >= 15 is 0 Å². The molecule has 120 valence electrons. The van der Waals surface area contributed by atoms with Gasteiger partial charge < -0.3 is 4.74 Å². The van der Waals surface area contributed by atoms with Gasteiger partial charge in [-0.05, 0) is 91.9 Å². The molecule has 0 amide bonds. The zero-order chi connectivity index (χ0) is 16.0. The molecule has 2 nitrogen and oxygen atoms in total. The molecule has 0 unspecified atom stereocenters. The first-order chi connectivity index (χ1) is 11.1. The second-order valence-electron chi connectivity index (χ2n) is 8.07. The van der Waals surface area contributed by atoms with Gasteiger partial charge in [-0.1, -0.05) is 6.07 Å². The molecule has 23 heavy (non-hydrogen) atoms. The van der Waals surface area contributed by atoms with Gasteiger partial charge >= 0.3 is 0 Å². The van der Waals surface area contributed by atoms with Gasteiger partial charge in [-0.2, -0.15) is 5.26 Å². The SMILES string of the molecule is COc1ccc(/C(C)=C\C#N)cc1C12CC3CC(CC(C3)C1)C2. The van der Waals surface area contributed by atoms with Gasteiger partial charge in [0, 0.05) is 11.6 Å². The third kappa shape index (κ3) is 2.38. The molecule has 4 saturated carbocycles. The van der Waals surface area contributed by atoms with Gasteiger partial charge in [0.1, 0.15) is 5.75 Å². The molecule has 2 heteroatoms. The summed E-state index contributed by atoms with van der Waals surface area (Å²) < 4.78 is 5.75. The van der Waals surface area contributed by atoms with Crippen LogP contribution in [0, 0.1) is 29.1 Å². The lowest BCUT2D eigenvalue weighted by atomic mass is 9.48. The summed E-state index contributed by atoms with van der Waals surface area (Å²) >= 11 is 0. The highest BCUT2D eigenvalue weighted by Crippen LogP contribution is 2.62. The maximum atomic E-state index is 8.95. The van der Waals surface area contributed by atoms with E-state index in [0.717, 1.165) is 34.6 Å². The maximum Gasteiger partial charge on any atom is 0.122 e. The number of nitriles is 1. The second-order valence-corrected chi connectivity index (χ2v) is 8.07. The average molecular weight is 307 g/mol. The highest BCUT2D eigenvalue weighted by Gasteiger charge is 2.52. The third-order valence-corrected chi connectivity index (χ3v) is 6.55. The fourth-order valence-electron chi connectivity index (χ4n) is 5.99. The molecule has 0 atom stereocenters. The highest BCUT2D eigenvalue weighted by molar-refractivity contribution is 5.68. The predicted molar refractivity (Wildman–Crippen MR) is 92.1 cm³/mol. The van der Waals surface area contributed by atoms with Crippen molar-refractivity contribution in [3.8, 4) is 11.8 Å². The van der Waals surface area contributed by atoms with Crippen LogP contribution >= 0.6 is 0 Å². The molecule has 4 aliphatic rings. The number of hydrogen-bond acceptors (Lipinski definition) is 2. The van der Waals surface area contributed by atoms with Crippen LogP contribution in [0.4, 0.5) is 0 Å². The van der Waals surface area contributed by atoms with E-state index in [2.05, 4.69) is 24.3 Å². The first-order valence-corrected chi connectivity index (χ1v) is 8.89. The van der Waals surface area contributed by atoms with Crippen molar-refractivity contribution in [1.82, 2.24) is 0 Å². The Labute approximate surface area is 139 Å². The summed E-state index contributed by atoms with van der Waals surface area (Å²) in [7, 11) is 1.79. The summed E-state index contributed by atoms with van der Waals surface area (Å²) in [6.45, 7) is 2.02. The lowest BCUT2D eigenvalue weighted by Gasteiger charge is -2.57. The van der Waals surface area contributed by atoms with Crippen LogP contribution in [0.25, 0.3) is 5.57 Å². The zero-order valence-electron chi connectivity index (χ0n) is 14.1. The van der Waals surface area contributed by atoms with E-state index in [4.69, 9.17) is 10.00 Å². The fraction of sp³-hybridized carbons (Fsp3) is 0.571. The molecule has 4 bridgehead atoms. The minimum absolute atomic E-state index is 0.322. The van der Waals surface area contributed by atoms with Gasteiger partial charge in [0.25, 0.3) is 0 Å². The lowest BCUT2D eigenvalue weighted by molar-refractivity contribution is -0.00616. The van der Waals surface area contributed by atoms with E-state index < -0.39 is 0 Å². The first kappa shape index (κ1) is 14.8. The van der Waals surface area contributed by atoms with Crippen molar-refractivity contribution in [2.75, 3.05) is 7.11 Å². The first-order valence-electron chi connectivity index (χ1n) is 8.89. The van der Waals surface area contributed by atoms with Crippen molar-refractivity contribution in [3.63, 3.8) is 0 Å². The van der Waals surface area contributed by atoms with Crippen molar-refractivity contribution < 1.29 is 4.74 Å². The number of nitrogens with zero attached hydrogens (tertiary/aromatic N) is 1. The lowest BCUT2D eigenvalue weighted by Crippen LogP contribution is -2.48. The molecule has 0 aliphatic heterocycles. The molecule has 5 rings (SSSR count). The molecule has 4 fully saturated rings. The normalized spacial score (nSPS) is 35.2. The smallest absolute Gasteiger partial charge is 0.122 e. The molecule has 0 radical (unpaired) electrons. The molecule has 1 aromatic rings. The average Bonchev–Trinajstić information content (AvgIpc) is 2.53. The Hall–Kier alpha value is -1.75. The number of ether oxygens (including phenoxy) is 1. The van der Waals surface area contributed by atoms with E-state index in [-0.39, 0.29) is 0 Å². The van der Waals surface area contributed by atoms with Crippen molar-refractivity contribution in [2.45, 2.75) is 50.9 Å². The molecule has 0 heterocycles. The van der Waals surface area contributed by atoms with Crippen LogP contribution < -0.4 is 4.74 Å². The minimum Gasteiger partial charge on any atom is -0.496 e. The number of hydrogen-bond donors (Lipinski definition) is 0. The summed E-state index contributed by atoms with van der Waals surface area (Å²) in [6.07, 6.45) is 10.0. The van der Waals surface area contributed by atoms with Gasteiger partial charge in [0.15, 0.2) is 0 Å². The van der Waals surface area contributed by atoms with Gasteiger partial charge in [-0.3, -0.25) is 0 Å². The summed E-state index contributed by atoms with van der Waals surface area (Å²) in [5, 5.41) is 8.95. The van der Waals surface area contributed by atoms with Crippen LogP contribution in [0.1, 0.15) is 56.6 Å². The van der Waals surface area contributed by atoms with E-state index in [1.807, 2.05) is 6.92 Å². The van der Waals surface area contributed by atoms with Crippen molar-refractivity contribution in [3.05, 3.63) is 35.4 Å². The highest BCUT2D eigenvalue weighted by atomic mass is 16.5. The second kappa shape index (κ2) is 5.41. The number of methoxy groups -OCH3 is 1. The van der Waals surface area contributed by atoms with Gasteiger partial charge in [-0.25, -0.2) is 0 Å².